The molecule has 1 fully saturated rings. The van der Waals surface area contributed by atoms with Gasteiger partial charge in [-0.15, -0.1) is 0 Å². The number of amides is 2. The van der Waals surface area contributed by atoms with Crippen molar-refractivity contribution in [3.63, 3.8) is 0 Å². The molecule has 0 aromatic heterocycles. The Bertz CT molecular complexity index is 690. The SMILES string of the molecule is CC(C)(C)OC(=O)N1CCC(CC(=O)OCc2ccccc2)(OC(N)=O)CC1. The van der Waals surface area contributed by atoms with Gasteiger partial charge >= 0.3 is 18.2 Å². The van der Waals surface area contributed by atoms with Crippen LogP contribution in [-0.2, 0) is 25.6 Å². The van der Waals surface area contributed by atoms with Gasteiger partial charge in [-0.05, 0) is 26.3 Å². The number of ether oxygens (including phenoxy) is 3. The van der Waals surface area contributed by atoms with Gasteiger partial charge in [0.2, 0.25) is 0 Å². The molecule has 0 bridgehead atoms. The van der Waals surface area contributed by atoms with Crippen LogP contribution in [0.3, 0.4) is 0 Å². The van der Waals surface area contributed by atoms with Crippen LogP contribution in [0.5, 0.6) is 0 Å². The van der Waals surface area contributed by atoms with E-state index in [0.29, 0.717) is 0 Å². The van der Waals surface area contributed by atoms with Crippen LogP contribution in [0.2, 0.25) is 0 Å². The Morgan fingerprint density at radius 3 is 2.25 bits per heavy atom. The van der Waals surface area contributed by atoms with Gasteiger partial charge in [0.15, 0.2) is 0 Å². The highest BCUT2D eigenvalue weighted by atomic mass is 16.6. The third-order valence-electron chi connectivity index (χ3n) is 4.35. The number of nitrogens with zero attached hydrogens (tertiary/aromatic N) is 1. The Morgan fingerprint density at radius 1 is 1.11 bits per heavy atom. The fourth-order valence-corrected chi connectivity index (χ4v) is 3.00. The number of hydrogen-bond donors (Lipinski definition) is 1. The second-order valence-electron chi connectivity index (χ2n) is 7.89. The maximum Gasteiger partial charge on any atom is 0.410 e. The Balaban J connectivity index is 1.94. The third kappa shape index (κ3) is 6.75. The summed E-state index contributed by atoms with van der Waals surface area (Å²) in [4.78, 5) is 37.4. The maximum atomic E-state index is 12.3. The molecular weight excluding hydrogens is 364 g/mol. The quantitative estimate of drug-likeness (QED) is 0.610. The molecule has 1 saturated heterocycles. The zero-order chi connectivity index (χ0) is 20.8. The van der Waals surface area contributed by atoms with Gasteiger partial charge in [0, 0.05) is 25.9 Å². The first-order valence-electron chi connectivity index (χ1n) is 9.24. The number of benzene rings is 1. The van der Waals surface area contributed by atoms with Gasteiger partial charge < -0.3 is 24.8 Å². The zero-order valence-electron chi connectivity index (χ0n) is 16.6. The van der Waals surface area contributed by atoms with E-state index in [1.165, 1.54) is 4.90 Å². The lowest BCUT2D eigenvalue weighted by molar-refractivity contribution is -0.152. The molecule has 0 spiro atoms. The Labute approximate surface area is 164 Å². The number of hydrogen-bond acceptors (Lipinski definition) is 6. The van der Waals surface area contributed by atoms with Crippen molar-refractivity contribution in [3.05, 3.63) is 35.9 Å². The van der Waals surface area contributed by atoms with Crippen LogP contribution in [0, 0.1) is 0 Å². The lowest BCUT2D eigenvalue weighted by Gasteiger charge is -2.40. The fraction of sp³-hybridized carbons (Fsp3) is 0.550. The third-order valence-corrected chi connectivity index (χ3v) is 4.35. The molecule has 0 radical (unpaired) electrons. The number of esters is 1. The molecule has 1 aliphatic rings. The highest BCUT2D eigenvalue weighted by Crippen LogP contribution is 2.31. The van der Waals surface area contributed by atoms with Gasteiger partial charge in [-0.2, -0.15) is 0 Å². The van der Waals surface area contributed by atoms with E-state index in [-0.39, 0.29) is 39.0 Å². The summed E-state index contributed by atoms with van der Waals surface area (Å²) in [6.07, 6.45) is -0.968. The van der Waals surface area contributed by atoms with Crippen molar-refractivity contribution >= 4 is 18.2 Å². The maximum absolute atomic E-state index is 12.3. The molecule has 2 rings (SSSR count). The smallest absolute Gasteiger partial charge is 0.410 e. The number of carbonyl (C=O) groups excluding carboxylic acids is 3. The predicted molar refractivity (Wildman–Crippen MR) is 101 cm³/mol. The van der Waals surface area contributed by atoms with Crippen LogP contribution >= 0.6 is 0 Å². The van der Waals surface area contributed by atoms with Crippen LogP contribution in [0.25, 0.3) is 0 Å². The van der Waals surface area contributed by atoms with E-state index >= 15 is 0 Å². The highest BCUT2D eigenvalue weighted by molar-refractivity contribution is 5.73. The molecule has 28 heavy (non-hydrogen) atoms. The monoisotopic (exact) mass is 392 g/mol. The van der Waals surface area contributed by atoms with Crippen molar-refractivity contribution in [2.45, 2.75) is 57.8 Å². The molecule has 0 aliphatic carbocycles. The first-order valence-corrected chi connectivity index (χ1v) is 9.24. The molecule has 154 valence electrons. The molecule has 0 saturated carbocycles. The van der Waals surface area contributed by atoms with Crippen LogP contribution in [-0.4, -0.2) is 47.3 Å². The van der Waals surface area contributed by atoms with Crippen LogP contribution in [0.4, 0.5) is 9.59 Å². The average Bonchev–Trinajstić information content (AvgIpc) is 2.59. The summed E-state index contributed by atoms with van der Waals surface area (Å²) in [5, 5.41) is 0. The van der Waals surface area contributed by atoms with Crippen molar-refractivity contribution in [3.8, 4) is 0 Å². The van der Waals surface area contributed by atoms with Gasteiger partial charge in [-0.1, -0.05) is 30.3 Å². The van der Waals surface area contributed by atoms with Gasteiger partial charge in [0.1, 0.15) is 17.8 Å². The van der Waals surface area contributed by atoms with E-state index in [1.807, 2.05) is 30.3 Å². The molecule has 1 heterocycles. The standard InChI is InChI=1S/C20H28N2O6/c1-19(2,3)28-18(25)22-11-9-20(10-12-22,27-17(21)24)13-16(23)26-14-15-7-5-4-6-8-15/h4-8H,9-14H2,1-3H3,(H2,21,24). The van der Waals surface area contributed by atoms with Crippen molar-refractivity contribution in [1.29, 1.82) is 0 Å². The Morgan fingerprint density at radius 2 is 1.71 bits per heavy atom. The summed E-state index contributed by atoms with van der Waals surface area (Å²) >= 11 is 0. The van der Waals surface area contributed by atoms with Crippen LogP contribution in [0.1, 0.15) is 45.6 Å². The van der Waals surface area contributed by atoms with E-state index in [9.17, 15) is 14.4 Å². The first kappa shape index (κ1) is 21.5. The van der Waals surface area contributed by atoms with Crippen LogP contribution in [0.15, 0.2) is 30.3 Å². The first-order chi connectivity index (χ1) is 13.1. The Hall–Kier alpha value is -2.77. The summed E-state index contributed by atoms with van der Waals surface area (Å²) in [7, 11) is 0. The van der Waals surface area contributed by atoms with Gasteiger partial charge in [-0.3, -0.25) is 4.79 Å². The number of nitrogens with two attached hydrogens (primary N) is 1. The van der Waals surface area contributed by atoms with Crippen LogP contribution < -0.4 is 5.73 Å². The molecular formula is C20H28N2O6. The number of primary amides is 1. The van der Waals surface area contributed by atoms with Crippen molar-refractivity contribution in [2.24, 2.45) is 5.73 Å². The minimum Gasteiger partial charge on any atom is -0.461 e. The molecule has 0 atom stereocenters. The molecule has 2 N–H and O–H groups in total. The summed E-state index contributed by atoms with van der Waals surface area (Å²) < 4.78 is 15.9. The lowest BCUT2D eigenvalue weighted by atomic mass is 9.88. The molecule has 0 unspecified atom stereocenters. The molecule has 8 nitrogen and oxygen atoms in total. The zero-order valence-corrected chi connectivity index (χ0v) is 16.6. The molecule has 1 aromatic rings. The fourth-order valence-electron chi connectivity index (χ4n) is 3.00. The highest BCUT2D eigenvalue weighted by Gasteiger charge is 2.42. The number of rotatable bonds is 5. The second kappa shape index (κ2) is 8.95. The van der Waals surface area contributed by atoms with E-state index < -0.39 is 29.4 Å². The van der Waals surface area contributed by atoms with E-state index in [4.69, 9.17) is 19.9 Å². The minimum atomic E-state index is -1.09. The summed E-state index contributed by atoms with van der Waals surface area (Å²) in [5.74, 6) is -0.490. The molecule has 2 amide bonds. The second-order valence-corrected chi connectivity index (χ2v) is 7.89. The minimum absolute atomic E-state index is 0.120. The average molecular weight is 392 g/mol. The van der Waals surface area contributed by atoms with E-state index in [0.717, 1.165) is 5.56 Å². The van der Waals surface area contributed by atoms with Crippen molar-refractivity contribution < 1.29 is 28.6 Å². The van der Waals surface area contributed by atoms with Gasteiger partial charge in [0.05, 0.1) is 6.42 Å². The molecule has 8 heteroatoms. The molecule has 1 aromatic carbocycles. The summed E-state index contributed by atoms with van der Waals surface area (Å²) in [6, 6.07) is 9.28. The van der Waals surface area contributed by atoms with E-state index in [1.54, 1.807) is 20.8 Å². The predicted octanol–water partition coefficient (Wildman–Crippen LogP) is 2.98. The Kier molecular flexibility index (Phi) is 6.88. The summed E-state index contributed by atoms with van der Waals surface area (Å²) in [6.45, 7) is 6.08. The normalized spacial score (nSPS) is 16.2. The van der Waals surface area contributed by atoms with Gasteiger partial charge in [-0.25, -0.2) is 9.59 Å². The molecule has 1 aliphatic heterocycles. The number of carbonyl (C=O) groups is 3. The van der Waals surface area contributed by atoms with Crippen molar-refractivity contribution in [1.82, 2.24) is 4.90 Å². The van der Waals surface area contributed by atoms with Gasteiger partial charge in [0.25, 0.3) is 0 Å². The lowest BCUT2D eigenvalue weighted by Crippen LogP contribution is -2.51. The van der Waals surface area contributed by atoms with Crippen molar-refractivity contribution in [2.75, 3.05) is 13.1 Å². The number of piperidine rings is 1. The number of likely N-dealkylation sites (tertiary alicyclic amines) is 1. The topological polar surface area (TPSA) is 108 Å². The van der Waals surface area contributed by atoms with E-state index in [2.05, 4.69) is 0 Å². The summed E-state index contributed by atoms with van der Waals surface area (Å²) in [5.41, 5.74) is 4.38. The largest absolute Gasteiger partial charge is 0.461 e.